The molecule has 1 aromatic carbocycles. The summed E-state index contributed by atoms with van der Waals surface area (Å²) in [5.74, 6) is 0.958. The molecule has 0 aliphatic heterocycles. The number of aromatic amines is 1. The standard InChI is InChI=1S/C19H19N5/c1-23(12-16-13-24-10-6-5-9-19(24)21-16)14-18-20-11-17(22-18)15-7-3-2-4-8-15/h2-11,13H,12,14H2,1H3,(H,20,22). The number of nitrogens with zero attached hydrogens (tertiary/aromatic N) is 4. The number of hydrogen-bond donors (Lipinski definition) is 1. The number of benzene rings is 1. The van der Waals surface area contributed by atoms with Gasteiger partial charge in [-0.15, -0.1) is 0 Å². The van der Waals surface area contributed by atoms with E-state index in [4.69, 9.17) is 0 Å². The zero-order chi connectivity index (χ0) is 16.4. The van der Waals surface area contributed by atoms with Crippen LogP contribution in [0.2, 0.25) is 0 Å². The van der Waals surface area contributed by atoms with Gasteiger partial charge >= 0.3 is 0 Å². The summed E-state index contributed by atoms with van der Waals surface area (Å²) < 4.78 is 2.05. The average molecular weight is 317 g/mol. The highest BCUT2D eigenvalue weighted by Gasteiger charge is 2.08. The fourth-order valence-corrected chi connectivity index (χ4v) is 2.86. The molecular weight excluding hydrogens is 298 g/mol. The highest BCUT2D eigenvalue weighted by molar-refractivity contribution is 5.57. The molecule has 5 heteroatoms. The number of nitrogens with one attached hydrogen (secondary N) is 1. The van der Waals surface area contributed by atoms with Gasteiger partial charge in [-0.25, -0.2) is 9.97 Å². The molecule has 0 aliphatic rings. The van der Waals surface area contributed by atoms with Gasteiger partial charge in [0.15, 0.2) is 0 Å². The summed E-state index contributed by atoms with van der Waals surface area (Å²) in [6.45, 7) is 1.53. The average Bonchev–Trinajstić information content (AvgIpc) is 3.21. The van der Waals surface area contributed by atoms with E-state index in [2.05, 4.69) is 45.2 Å². The van der Waals surface area contributed by atoms with Crippen LogP contribution in [0.15, 0.2) is 67.1 Å². The van der Waals surface area contributed by atoms with Crippen molar-refractivity contribution in [1.29, 1.82) is 0 Å². The number of hydrogen-bond acceptors (Lipinski definition) is 3. The molecule has 1 N–H and O–H groups in total. The molecule has 24 heavy (non-hydrogen) atoms. The summed E-state index contributed by atoms with van der Waals surface area (Å²) in [6, 6.07) is 16.3. The van der Waals surface area contributed by atoms with Crippen LogP contribution in [0.25, 0.3) is 16.9 Å². The molecule has 0 saturated carbocycles. The van der Waals surface area contributed by atoms with Crippen LogP contribution in [-0.4, -0.2) is 31.3 Å². The smallest absolute Gasteiger partial charge is 0.137 e. The zero-order valence-corrected chi connectivity index (χ0v) is 13.6. The first kappa shape index (κ1) is 14.7. The number of pyridine rings is 1. The second-order valence-electron chi connectivity index (χ2n) is 5.98. The normalized spacial score (nSPS) is 11.4. The first-order valence-electron chi connectivity index (χ1n) is 7.98. The molecule has 4 rings (SSSR count). The van der Waals surface area contributed by atoms with Gasteiger partial charge in [0.25, 0.3) is 0 Å². The van der Waals surface area contributed by atoms with E-state index in [-0.39, 0.29) is 0 Å². The fraction of sp³-hybridized carbons (Fsp3) is 0.158. The quantitative estimate of drug-likeness (QED) is 0.614. The Hall–Kier alpha value is -2.92. The summed E-state index contributed by atoms with van der Waals surface area (Å²) in [5, 5.41) is 0. The lowest BCUT2D eigenvalue weighted by Crippen LogP contribution is -2.18. The number of H-pyrrole nitrogens is 1. The van der Waals surface area contributed by atoms with Crippen molar-refractivity contribution in [3.05, 3.63) is 78.6 Å². The number of aromatic nitrogens is 4. The monoisotopic (exact) mass is 317 g/mol. The van der Waals surface area contributed by atoms with Crippen LogP contribution < -0.4 is 0 Å². The van der Waals surface area contributed by atoms with Crippen molar-refractivity contribution in [1.82, 2.24) is 24.3 Å². The Kier molecular flexibility index (Phi) is 3.84. The minimum atomic E-state index is 0.751. The van der Waals surface area contributed by atoms with E-state index >= 15 is 0 Å². The van der Waals surface area contributed by atoms with Crippen molar-refractivity contribution in [2.45, 2.75) is 13.1 Å². The molecule has 3 aromatic heterocycles. The number of fused-ring (bicyclic) bond motifs is 1. The predicted octanol–water partition coefficient (Wildman–Crippen LogP) is 3.36. The van der Waals surface area contributed by atoms with Gasteiger partial charge < -0.3 is 9.38 Å². The van der Waals surface area contributed by atoms with Crippen LogP contribution in [0, 0.1) is 0 Å². The second-order valence-corrected chi connectivity index (χ2v) is 5.98. The van der Waals surface area contributed by atoms with Gasteiger partial charge in [0.2, 0.25) is 0 Å². The van der Waals surface area contributed by atoms with Crippen molar-refractivity contribution in [2.24, 2.45) is 0 Å². The summed E-state index contributed by atoms with van der Waals surface area (Å²) in [7, 11) is 2.08. The molecule has 5 nitrogen and oxygen atoms in total. The molecule has 0 atom stereocenters. The van der Waals surface area contributed by atoms with Crippen LogP contribution in [0.4, 0.5) is 0 Å². The van der Waals surface area contributed by atoms with E-state index in [9.17, 15) is 0 Å². The van der Waals surface area contributed by atoms with Gasteiger partial charge in [-0.3, -0.25) is 4.90 Å². The lowest BCUT2D eigenvalue weighted by Gasteiger charge is -2.13. The van der Waals surface area contributed by atoms with Gasteiger partial charge in [-0.1, -0.05) is 36.4 Å². The zero-order valence-electron chi connectivity index (χ0n) is 13.6. The van der Waals surface area contributed by atoms with Gasteiger partial charge in [0.1, 0.15) is 11.5 Å². The summed E-state index contributed by atoms with van der Waals surface area (Å²) in [5.41, 5.74) is 4.23. The van der Waals surface area contributed by atoms with Crippen LogP contribution >= 0.6 is 0 Å². The van der Waals surface area contributed by atoms with Crippen LogP contribution in [0.3, 0.4) is 0 Å². The minimum absolute atomic E-state index is 0.751. The third-order valence-corrected chi connectivity index (χ3v) is 3.98. The third kappa shape index (κ3) is 3.07. The SMILES string of the molecule is CN(Cc1cn2ccccc2n1)Cc1ncc(-c2ccccc2)[nH]1. The second kappa shape index (κ2) is 6.29. The van der Waals surface area contributed by atoms with Crippen molar-refractivity contribution >= 4 is 5.65 Å². The Balaban J connectivity index is 1.44. The predicted molar refractivity (Wildman–Crippen MR) is 94.4 cm³/mol. The maximum atomic E-state index is 4.64. The maximum absolute atomic E-state index is 4.64. The van der Waals surface area contributed by atoms with Crippen molar-refractivity contribution in [2.75, 3.05) is 7.05 Å². The van der Waals surface area contributed by atoms with Crippen LogP contribution in [0.1, 0.15) is 11.5 Å². The van der Waals surface area contributed by atoms with E-state index in [1.165, 1.54) is 0 Å². The van der Waals surface area contributed by atoms with Crippen LogP contribution in [-0.2, 0) is 13.1 Å². The van der Waals surface area contributed by atoms with E-state index in [1.807, 2.05) is 53.2 Å². The Morgan fingerprint density at radius 1 is 1.04 bits per heavy atom. The highest BCUT2D eigenvalue weighted by atomic mass is 15.1. The Bertz CT molecular complexity index is 905. The molecule has 3 heterocycles. The minimum Gasteiger partial charge on any atom is -0.341 e. The molecule has 0 radical (unpaired) electrons. The lowest BCUT2D eigenvalue weighted by molar-refractivity contribution is 0.308. The topological polar surface area (TPSA) is 49.2 Å². The highest BCUT2D eigenvalue weighted by Crippen LogP contribution is 2.17. The molecule has 0 bridgehead atoms. The van der Waals surface area contributed by atoms with Crippen molar-refractivity contribution in [3.8, 4) is 11.3 Å². The van der Waals surface area contributed by atoms with Crippen molar-refractivity contribution in [3.63, 3.8) is 0 Å². The molecule has 0 spiro atoms. The molecule has 4 aromatic rings. The van der Waals surface area contributed by atoms with E-state index in [1.54, 1.807) is 0 Å². The lowest BCUT2D eigenvalue weighted by atomic mass is 10.2. The van der Waals surface area contributed by atoms with Gasteiger partial charge in [-0.05, 0) is 24.7 Å². The number of rotatable bonds is 5. The largest absolute Gasteiger partial charge is 0.341 e. The van der Waals surface area contributed by atoms with Gasteiger partial charge in [-0.2, -0.15) is 0 Å². The molecule has 0 amide bonds. The number of imidazole rings is 2. The summed E-state index contributed by atoms with van der Waals surface area (Å²) in [6.07, 6.45) is 5.98. The molecule has 120 valence electrons. The third-order valence-electron chi connectivity index (χ3n) is 3.98. The van der Waals surface area contributed by atoms with Gasteiger partial charge in [0, 0.05) is 18.9 Å². The van der Waals surface area contributed by atoms with Crippen LogP contribution in [0.5, 0.6) is 0 Å². The van der Waals surface area contributed by atoms with E-state index in [0.717, 1.165) is 41.5 Å². The molecular formula is C19H19N5. The summed E-state index contributed by atoms with van der Waals surface area (Å²) >= 11 is 0. The Morgan fingerprint density at radius 2 is 1.88 bits per heavy atom. The maximum Gasteiger partial charge on any atom is 0.137 e. The molecule has 0 fully saturated rings. The first-order chi connectivity index (χ1) is 11.8. The van der Waals surface area contributed by atoms with Gasteiger partial charge in [0.05, 0.1) is 24.1 Å². The molecule has 0 unspecified atom stereocenters. The first-order valence-corrected chi connectivity index (χ1v) is 7.98. The van der Waals surface area contributed by atoms with Crippen molar-refractivity contribution < 1.29 is 0 Å². The molecule has 0 aliphatic carbocycles. The fourth-order valence-electron chi connectivity index (χ4n) is 2.86. The Labute approximate surface area is 140 Å². The molecule has 0 saturated heterocycles. The summed E-state index contributed by atoms with van der Waals surface area (Å²) in [4.78, 5) is 14.7. The van der Waals surface area contributed by atoms with E-state index < -0.39 is 0 Å². The van der Waals surface area contributed by atoms with E-state index in [0.29, 0.717) is 0 Å². The Morgan fingerprint density at radius 3 is 2.71 bits per heavy atom.